The Bertz CT molecular complexity index is 607. The maximum absolute atomic E-state index is 12.9. The third-order valence-electron chi connectivity index (χ3n) is 2.55. The molecular formula is C13H11F3N2O2. The molecule has 0 radical (unpaired) electrons. The lowest BCUT2D eigenvalue weighted by atomic mass is 10.1. The van der Waals surface area contributed by atoms with Crippen LogP contribution in [0.3, 0.4) is 0 Å². The summed E-state index contributed by atoms with van der Waals surface area (Å²) < 4.78 is 48.9. The van der Waals surface area contributed by atoms with Crippen molar-refractivity contribution in [1.29, 1.82) is 5.41 Å². The molecule has 1 aromatic heterocycles. The van der Waals surface area contributed by atoms with E-state index in [1.165, 1.54) is 12.3 Å². The van der Waals surface area contributed by atoms with Crippen LogP contribution < -0.4 is 10.5 Å². The van der Waals surface area contributed by atoms with E-state index in [9.17, 15) is 13.2 Å². The first-order chi connectivity index (χ1) is 9.38. The van der Waals surface area contributed by atoms with Crippen molar-refractivity contribution < 1.29 is 22.3 Å². The Labute approximate surface area is 112 Å². The van der Waals surface area contributed by atoms with Crippen molar-refractivity contribution in [2.75, 3.05) is 0 Å². The first-order valence-electron chi connectivity index (χ1n) is 5.59. The second-order valence-corrected chi connectivity index (χ2v) is 3.99. The summed E-state index contributed by atoms with van der Waals surface area (Å²) in [6, 6.07) is 6.56. The zero-order valence-electron chi connectivity index (χ0n) is 10.2. The minimum Gasteiger partial charge on any atom is -0.486 e. The Kier molecular flexibility index (Phi) is 3.69. The average molecular weight is 284 g/mol. The SMILES string of the molecule is N=C(N)c1ccc(OCc2ccco2)cc1C(F)(F)F. The predicted molar refractivity (Wildman–Crippen MR) is 65.5 cm³/mol. The van der Waals surface area contributed by atoms with Crippen molar-refractivity contribution in [2.45, 2.75) is 12.8 Å². The number of alkyl halides is 3. The van der Waals surface area contributed by atoms with Crippen molar-refractivity contribution in [3.05, 3.63) is 53.5 Å². The fourth-order valence-electron chi connectivity index (χ4n) is 1.63. The molecule has 0 saturated carbocycles. The number of nitrogen functional groups attached to an aromatic ring is 1. The first-order valence-corrected chi connectivity index (χ1v) is 5.59. The number of nitrogens with two attached hydrogens (primary N) is 1. The number of ether oxygens (including phenoxy) is 1. The van der Waals surface area contributed by atoms with E-state index >= 15 is 0 Å². The summed E-state index contributed by atoms with van der Waals surface area (Å²) in [4.78, 5) is 0. The van der Waals surface area contributed by atoms with Gasteiger partial charge in [0.25, 0.3) is 0 Å². The summed E-state index contributed by atoms with van der Waals surface area (Å²) in [5.74, 6) is -0.122. The Morgan fingerprint density at radius 1 is 1.30 bits per heavy atom. The minimum atomic E-state index is -4.61. The lowest BCUT2D eigenvalue weighted by molar-refractivity contribution is -0.137. The molecule has 0 unspecified atom stereocenters. The molecule has 0 spiro atoms. The van der Waals surface area contributed by atoms with Crippen LogP contribution in [-0.2, 0) is 12.8 Å². The molecule has 7 heteroatoms. The van der Waals surface area contributed by atoms with E-state index in [0.29, 0.717) is 5.76 Å². The molecule has 0 fully saturated rings. The van der Waals surface area contributed by atoms with E-state index in [0.717, 1.165) is 12.1 Å². The van der Waals surface area contributed by atoms with Crippen molar-refractivity contribution >= 4 is 5.84 Å². The standard InChI is InChI=1S/C13H11F3N2O2/c14-13(15,16)11-6-8(3-4-10(11)12(17)18)20-7-9-2-1-5-19-9/h1-6H,7H2,(H3,17,18). The fraction of sp³-hybridized carbons (Fsp3) is 0.154. The molecule has 20 heavy (non-hydrogen) atoms. The van der Waals surface area contributed by atoms with Gasteiger partial charge in [0.05, 0.1) is 11.8 Å². The fourth-order valence-corrected chi connectivity index (χ4v) is 1.63. The molecule has 2 aromatic rings. The molecule has 0 aliphatic heterocycles. The zero-order chi connectivity index (χ0) is 14.8. The molecule has 2 rings (SSSR count). The van der Waals surface area contributed by atoms with Crippen LogP contribution in [0.2, 0.25) is 0 Å². The molecule has 0 aliphatic carbocycles. The van der Waals surface area contributed by atoms with Gasteiger partial charge >= 0.3 is 6.18 Å². The number of hydrogen-bond acceptors (Lipinski definition) is 3. The van der Waals surface area contributed by atoms with Gasteiger partial charge in [-0.3, -0.25) is 5.41 Å². The maximum atomic E-state index is 12.9. The van der Waals surface area contributed by atoms with Crippen LogP contribution in [0, 0.1) is 5.41 Å². The smallest absolute Gasteiger partial charge is 0.417 e. The van der Waals surface area contributed by atoms with E-state index in [1.807, 2.05) is 0 Å². The van der Waals surface area contributed by atoms with Crippen LogP contribution in [0.4, 0.5) is 13.2 Å². The summed E-state index contributed by atoms with van der Waals surface area (Å²) in [5, 5.41) is 7.16. The Hall–Kier alpha value is -2.44. The lowest BCUT2D eigenvalue weighted by Gasteiger charge is -2.14. The number of halogens is 3. The highest BCUT2D eigenvalue weighted by molar-refractivity contribution is 5.96. The van der Waals surface area contributed by atoms with Crippen molar-refractivity contribution in [3.8, 4) is 5.75 Å². The average Bonchev–Trinajstić information content (AvgIpc) is 2.88. The van der Waals surface area contributed by atoms with Crippen LogP contribution in [0.1, 0.15) is 16.9 Å². The van der Waals surface area contributed by atoms with Crippen molar-refractivity contribution in [3.63, 3.8) is 0 Å². The van der Waals surface area contributed by atoms with Crippen molar-refractivity contribution in [1.82, 2.24) is 0 Å². The van der Waals surface area contributed by atoms with Gasteiger partial charge in [-0.2, -0.15) is 13.2 Å². The molecule has 0 bridgehead atoms. The van der Waals surface area contributed by atoms with Crippen LogP contribution in [0.15, 0.2) is 41.0 Å². The number of amidine groups is 1. The third-order valence-corrected chi connectivity index (χ3v) is 2.55. The second-order valence-electron chi connectivity index (χ2n) is 3.99. The highest BCUT2D eigenvalue weighted by atomic mass is 19.4. The van der Waals surface area contributed by atoms with E-state index in [-0.39, 0.29) is 17.9 Å². The highest BCUT2D eigenvalue weighted by Gasteiger charge is 2.34. The molecule has 0 atom stereocenters. The zero-order valence-corrected chi connectivity index (χ0v) is 10.2. The van der Waals surface area contributed by atoms with Gasteiger partial charge in [0, 0.05) is 5.56 Å². The second kappa shape index (κ2) is 5.28. The molecule has 1 aromatic carbocycles. The molecule has 0 saturated heterocycles. The van der Waals surface area contributed by atoms with E-state index in [2.05, 4.69) is 0 Å². The summed E-state index contributed by atoms with van der Waals surface area (Å²) in [6.45, 7) is 0.0176. The molecule has 106 valence electrons. The van der Waals surface area contributed by atoms with Gasteiger partial charge in [0.1, 0.15) is 24.0 Å². The van der Waals surface area contributed by atoms with E-state index < -0.39 is 17.6 Å². The van der Waals surface area contributed by atoms with Crippen LogP contribution >= 0.6 is 0 Å². The van der Waals surface area contributed by atoms with Gasteiger partial charge in [-0.15, -0.1) is 0 Å². The van der Waals surface area contributed by atoms with Crippen LogP contribution in [0.25, 0.3) is 0 Å². The topological polar surface area (TPSA) is 72.2 Å². The Morgan fingerprint density at radius 3 is 2.60 bits per heavy atom. The number of rotatable bonds is 4. The van der Waals surface area contributed by atoms with Crippen LogP contribution in [0.5, 0.6) is 5.75 Å². The van der Waals surface area contributed by atoms with Gasteiger partial charge in [0.15, 0.2) is 0 Å². The summed E-state index contributed by atoms with van der Waals surface area (Å²) in [5.41, 5.74) is 3.77. The van der Waals surface area contributed by atoms with Gasteiger partial charge in [-0.25, -0.2) is 0 Å². The number of furan rings is 1. The van der Waals surface area contributed by atoms with Gasteiger partial charge in [0.2, 0.25) is 0 Å². The molecule has 3 N–H and O–H groups in total. The highest BCUT2D eigenvalue weighted by Crippen LogP contribution is 2.34. The quantitative estimate of drug-likeness (QED) is 0.669. The summed E-state index contributed by atoms with van der Waals surface area (Å²) in [7, 11) is 0. The third kappa shape index (κ3) is 3.11. The predicted octanol–water partition coefficient (Wildman–Crippen LogP) is 3.16. The lowest BCUT2D eigenvalue weighted by Crippen LogP contribution is -2.18. The first kappa shape index (κ1) is 14.0. The molecule has 0 aliphatic rings. The van der Waals surface area contributed by atoms with Gasteiger partial charge < -0.3 is 14.9 Å². The molecule has 4 nitrogen and oxygen atoms in total. The van der Waals surface area contributed by atoms with Crippen LogP contribution in [-0.4, -0.2) is 5.84 Å². The minimum absolute atomic E-state index is 0.0176. The van der Waals surface area contributed by atoms with E-state index in [1.54, 1.807) is 12.1 Å². The molecular weight excluding hydrogens is 273 g/mol. The van der Waals surface area contributed by atoms with Gasteiger partial charge in [-0.1, -0.05) is 0 Å². The normalized spacial score (nSPS) is 11.3. The molecule has 0 amide bonds. The van der Waals surface area contributed by atoms with Crippen molar-refractivity contribution in [2.24, 2.45) is 5.73 Å². The summed E-state index contributed by atoms with van der Waals surface area (Å²) >= 11 is 0. The van der Waals surface area contributed by atoms with Gasteiger partial charge in [-0.05, 0) is 30.3 Å². The van der Waals surface area contributed by atoms with E-state index in [4.69, 9.17) is 20.3 Å². The molecule has 1 heterocycles. The number of hydrogen-bond donors (Lipinski definition) is 2. The maximum Gasteiger partial charge on any atom is 0.417 e. The summed E-state index contributed by atoms with van der Waals surface area (Å²) in [6.07, 6.45) is -3.16. The monoisotopic (exact) mass is 284 g/mol. The Balaban J connectivity index is 2.25. The Morgan fingerprint density at radius 2 is 2.05 bits per heavy atom. The largest absolute Gasteiger partial charge is 0.486 e. The number of benzene rings is 1. The number of nitrogens with one attached hydrogen (secondary N) is 1.